The average molecular weight is 492 g/mol. The van der Waals surface area contributed by atoms with Crippen LogP contribution in [0.15, 0.2) is 48.5 Å². The number of nitrogens with zero attached hydrogens (tertiary/aromatic N) is 2. The molecule has 2 atom stereocenters. The second kappa shape index (κ2) is 12.0. The summed E-state index contributed by atoms with van der Waals surface area (Å²) >= 11 is 0. The number of anilines is 1. The number of carbonyl (C=O) groups is 2. The third-order valence-corrected chi connectivity index (χ3v) is 6.90. The second-order valence-corrected chi connectivity index (χ2v) is 10.3. The van der Waals surface area contributed by atoms with Gasteiger partial charge < -0.3 is 10.2 Å². The Morgan fingerprint density at radius 3 is 2.29 bits per heavy atom. The zero-order valence-corrected chi connectivity index (χ0v) is 21.2. The van der Waals surface area contributed by atoms with Crippen molar-refractivity contribution in [1.82, 2.24) is 10.2 Å². The highest BCUT2D eigenvalue weighted by atomic mass is 32.2. The third kappa shape index (κ3) is 7.28. The van der Waals surface area contributed by atoms with E-state index < -0.39 is 34.3 Å². The topological polar surface area (TPSA) is 86.8 Å². The van der Waals surface area contributed by atoms with Crippen molar-refractivity contribution in [2.75, 3.05) is 17.1 Å². The van der Waals surface area contributed by atoms with E-state index in [0.29, 0.717) is 6.42 Å². The lowest BCUT2D eigenvalue weighted by Gasteiger charge is -2.33. The summed E-state index contributed by atoms with van der Waals surface area (Å²) in [6, 6.07) is 11.7. The van der Waals surface area contributed by atoms with Crippen LogP contribution in [0.3, 0.4) is 0 Å². The summed E-state index contributed by atoms with van der Waals surface area (Å²) in [4.78, 5) is 28.1. The van der Waals surface area contributed by atoms with Crippen LogP contribution in [0.1, 0.15) is 44.7 Å². The van der Waals surface area contributed by atoms with Crippen LogP contribution in [0.2, 0.25) is 0 Å². The van der Waals surface area contributed by atoms with E-state index >= 15 is 0 Å². The number of aryl methyl sites for hydroxylation is 1. The molecule has 2 rings (SSSR count). The monoisotopic (exact) mass is 491 g/mol. The molecule has 2 amide bonds. The van der Waals surface area contributed by atoms with Gasteiger partial charge in [0.15, 0.2) is 0 Å². The molecule has 186 valence electrons. The van der Waals surface area contributed by atoms with Gasteiger partial charge in [-0.25, -0.2) is 12.8 Å². The van der Waals surface area contributed by atoms with Crippen molar-refractivity contribution < 1.29 is 22.4 Å². The zero-order valence-electron chi connectivity index (χ0n) is 20.4. The molecule has 0 radical (unpaired) electrons. The fraction of sp³-hybridized carbons (Fsp3) is 0.440. The number of hydrogen-bond donors (Lipinski definition) is 1. The lowest BCUT2D eigenvalue weighted by molar-refractivity contribution is -0.140. The first kappa shape index (κ1) is 27.3. The van der Waals surface area contributed by atoms with Crippen molar-refractivity contribution in [3.8, 4) is 0 Å². The first-order valence-corrected chi connectivity index (χ1v) is 13.2. The van der Waals surface area contributed by atoms with E-state index in [4.69, 9.17) is 0 Å². The Balaban J connectivity index is 2.45. The Bertz CT molecular complexity index is 1110. The van der Waals surface area contributed by atoms with Gasteiger partial charge in [0.1, 0.15) is 18.4 Å². The van der Waals surface area contributed by atoms with Gasteiger partial charge in [-0.3, -0.25) is 13.9 Å². The minimum absolute atomic E-state index is 0.0452. The second-order valence-electron chi connectivity index (χ2n) is 8.44. The molecule has 2 aromatic carbocycles. The van der Waals surface area contributed by atoms with Gasteiger partial charge in [-0.15, -0.1) is 0 Å². The van der Waals surface area contributed by atoms with Gasteiger partial charge in [-0.1, -0.05) is 44.2 Å². The number of halogens is 1. The van der Waals surface area contributed by atoms with Crippen LogP contribution in [0.5, 0.6) is 0 Å². The number of hydrogen-bond acceptors (Lipinski definition) is 4. The quantitative estimate of drug-likeness (QED) is 0.520. The molecule has 0 bridgehead atoms. The number of amides is 2. The highest BCUT2D eigenvalue weighted by Gasteiger charge is 2.32. The number of benzene rings is 2. The Morgan fingerprint density at radius 1 is 1.06 bits per heavy atom. The van der Waals surface area contributed by atoms with E-state index in [1.165, 1.54) is 23.1 Å². The predicted octanol–water partition coefficient (Wildman–Crippen LogP) is 3.62. The molecule has 0 saturated carbocycles. The maximum Gasteiger partial charge on any atom is 0.244 e. The summed E-state index contributed by atoms with van der Waals surface area (Å²) in [5.74, 6) is -1.46. The van der Waals surface area contributed by atoms with Crippen molar-refractivity contribution in [3.05, 3.63) is 65.5 Å². The smallest absolute Gasteiger partial charge is 0.244 e. The average Bonchev–Trinajstić information content (AvgIpc) is 2.77. The van der Waals surface area contributed by atoms with Gasteiger partial charge in [0.05, 0.1) is 11.9 Å². The lowest BCUT2D eigenvalue weighted by atomic mass is 10.1. The summed E-state index contributed by atoms with van der Waals surface area (Å²) in [5, 5.41) is 2.92. The molecule has 0 spiro atoms. The Hall–Kier alpha value is -2.94. The summed E-state index contributed by atoms with van der Waals surface area (Å²) < 4.78 is 39.7. The van der Waals surface area contributed by atoms with Crippen molar-refractivity contribution in [2.24, 2.45) is 0 Å². The maximum absolute atomic E-state index is 13.8. The molecule has 0 fully saturated rings. The molecule has 0 saturated heterocycles. The van der Waals surface area contributed by atoms with Crippen molar-refractivity contribution >= 4 is 27.5 Å². The minimum atomic E-state index is -3.90. The van der Waals surface area contributed by atoms with Crippen LogP contribution in [-0.2, 0) is 26.2 Å². The first-order chi connectivity index (χ1) is 16.0. The normalized spacial score (nSPS) is 13.1. The minimum Gasteiger partial charge on any atom is -0.352 e. The van der Waals surface area contributed by atoms with Crippen LogP contribution < -0.4 is 9.62 Å². The molecule has 0 unspecified atom stereocenters. The van der Waals surface area contributed by atoms with E-state index in [0.717, 1.165) is 34.2 Å². The standard InChI is InChI=1S/C25H34FN3O4S/c1-6-19(4)27-25(31)23(7-2)28(16-20-12-9-8-11-18(20)3)24(30)17-29(34(5,32)33)22-14-10-13-21(26)15-22/h8-15,19,23H,6-7,16-17H2,1-5H3,(H,27,31)/t19-,23+/m0/s1. The van der Waals surface area contributed by atoms with Gasteiger partial charge in [-0.2, -0.15) is 0 Å². The predicted molar refractivity (Wildman–Crippen MR) is 132 cm³/mol. The van der Waals surface area contributed by atoms with Crippen LogP contribution in [0, 0.1) is 12.7 Å². The van der Waals surface area contributed by atoms with Crippen molar-refractivity contribution in [3.63, 3.8) is 0 Å². The molecule has 7 nitrogen and oxygen atoms in total. The molecule has 0 aliphatic heterocycles. The lowest BCUT2D eigenvalue weighted by Crippen LogP contribution is -2.53. The van der Waals surface area contributed by atoms with Gasteiger partial charge in [-0.05, 0) is 56.0 Å². The van der Waals surface area contributed by atoms with Crippen LogP contribution in [-0.4, -0.2) is 50.0 Å². The largest absolute Gasteiger partial charge is 0.352 e. The third-order valence-electron chi connectivity index (χ3n) is 5.76. The van der Waals surface area contributed by atoms with Crippen molar-refractivity contribution in [1.29, 1.82) is 0 Å². The molecule has 0 heterocycles. The van der Waals surface area contributed by atoms with E-state index in [-0.39, 0.29) is 24.2 Å². The summed E-state index contributed by atoms with van der Waals surface area (Å²) in [7, 11) is -3.90. The first-order valence-electron chi connectivity index (χ1n) is 11.4. The van der Waals surface area contributed by atoms with Gasteiger partial charge in [0, 0.05) is 12.6 Å². The fourth-order valence-corrected chi connectivity index (χ4v) is 4.42. The molecular formula is C25H34FN3O4S. The Labute approximate surface area is 202 Å². The zero-order chi connectivity index (χ0) is 25.5. The number of nitrogens with one attached hydrogen (secondary N) is 1. The molecule has 0 aliphatic rings. The number of sulfonamides is 1. The Morgan fingerprint density at radius 2 is 1.74 bits per heavy atom. The van der Waals surface area contributed by atoms with Crippen LogP contribution >= 0.6 is 0 Å². The highest BCUT2D eigenvalue weighted by Crippen LogP contribution is 2.21. The number of carbonyl (C=O) groups excluding carboxylic acids is 2. The highest BCUT2D eigenvalue weighted by molar-refractivity contribution is 7.92. The van der Waals surface area contributed by atoms with E-state index in [2.05, 4.69) is 5.32 Å². The van der Waals surface area contributed by atoms with E-state index in [9.17, 15) is 22.4 Å². The molecule has 2 aromatic rings. The van der Waals surface area contributed by atoms with Crippen molar-refractivity contribution in [2.45, 2.75) is 59.2 Å². The van der Waals surface area contributed by atoms with E-state index in [1.807, 2.05) is 45.0 Å². The Kier molecular flexibility index (Phi) is 9.61. The molecular weight excluding hydrogens is 457 g/mol. The van der Waals surface area contributed by atoms with Crippen LogP contribution in [0.4, 0.5) is 10.1 Å². The summed E-state index contributed by atoms with van der Waals surface area (Å²) in [6.45, 7) is 7.13. The SMILES string of the molecule is CC[C@H](C(=O)N[C@@H](C)CC)N(Cc1ccccc1C)C(=O)CN(c1cccc(F)c1)S(C)(=O)=O. The molecule has 0 aromatic heterocycles. The van der Waals surface area contributed by atoms with Gasteiger partial charge in [0.2, 0.25) is 21.8 Å². The summed E-state index contributed by atoms with van der Waals surface area (Å²) in [5.41, 5.74) is 1.84. The maximum atomic E-state index is 13.8. The van der Waals surface area contributed by atoms with E-state index in [1.54, 1.807) is 6.92 Å². The van der Waals surface area contributed by atoms with Crippen LogP contribution in [0.25, 0.3) is 0 Å². The molecule has 0 aliphatic carbocycles. The molecule has 9 heteroatoms. The number of rotatable bonds is 11. The summed E-state index contributed by atoms with van der Waals surface area (Å²) in [6.07, 6.45) is 2.04. The fourth-order valence-electron chi connectivity index (χ4n) is 3.58. The molecule has 34 heavy (non-hydrogen) atoms. The van der Waals surface area contributed by atoms with Gasteiger partial charge in [0.25, 0.3) is 0 Å². The van der Waals surface area contributed by atoms with Gasteiger partial charge >= 0.3 is 0 Å². The molecule has 1 N–H and O–H groups in total.